The van der Waals surface area contributed by atoms with Crippen LogP contribution in [-0.2, 0) is 47.7 Å². The van der Waals surface area contributed by atoms with Crippen LogP contribution in [0, 0.1) is 0 Å². The average Bonchev–Trinajstić information content (AvgIpc) is 2.93. The largest absolute Gasteiger partial charge is 0.462 e. The Kier molecular flexibility index (Phi) is 14.7. The van der Waals surface area contributed by atoms with Crippen LogP contribution in [0.5, 0.6) is 11.5 Å². The summed E-state index contributed by atoms with van der Waals surface area (Å²) in [4.78, 5) is 81.3. The molecule has 0 radical (unpaired) electrons. The molecule has 0 aliphatic carbocycles. The van der Waals surface area contributed by atoms with E-state index in [-0.39, 0.29) is 56.0 Å². The zero-order chi connectivity index (χ0) is 30.1. The molecule has 1 aromatic rings. The van der Waals surface area contributed by atoms with E-state index >= 15 is 0 Å². The predicted molar refractivity (Wildman–Crippen MR) is 135 cm³/mol. The molecule has 13 nitrogen and oxygen atoms in total. The Labute approximate surface area is 230 Å². The lowest BCUT2D eigenvalue weighted by Crippen LogP contribution is -2.22. The summed E-state index contributed by atoms with van der Waals surface area (Å²) >= 11 is 0. The van der Waals surface area contributed by atoms with Crippen LogP contribution in [0.4, 0.5) is 0 Å². The molecule has 0 fully saturated rings. The maximum Gasteiger partial charge on any atom is 0.330 e. The van der Waals surface area contributed by atoms with Gasteiger partial charge >= 0.3 is 35.8 Å². The molecule has 40 heavy (non-hydrogen) atoms. The maximum atomic E-state index is 12.1. The van der Waals surface area contributed by atoms with Crippen molar-refractivity contribution in [3.63, 3.8) is 0 Å². The molecule has 0 bridgehead atoms. The smallest absolute Gasteiger partial charge is 0.330 e. The predicted octanol–water partition coefficient (Wildman–Crippen LogP) is 2.19. The van der Waals surface area contributed by atoms with E-state index in [4.69, 9.17) is 28.4 Å². The van der Waals surface area contributed by atoms with Gasteiger partial charge in [-0.2, -0.15) is 0 Å². The molecule has 1 rings (SSSR count). The van der Waals surface area contributed by atoms with Crippen molar-refractivity contribution in [2.45, 2.75) is 51.7 Å². The van der Waals surface area contributed by atoms with Crippen molar-refractivity contribution in [3.05, 3.63) is 49.1 Å². The third kappa shape index (κ3) is 13.7. The zero-order valence-corrected chi connectivity index (χ0v) is 22.1. The highest BCUT2D eigenvalue weighted by molar-refractivity contribution is 5.85. The summed E-state index contributed by atoms with van der Waals surface area (Å²) < 4.78 is 29.7. The normalized spacial score (nSPS) is 11.6. The van der Waals surface area contributed by atoms with Gasteiger partial charge in [0.1, 0.15) is 36.9 Å². The number of carbonyl (C=O) groups excluding carboxylic acids is 7. The minimum Gasteiger partial charge on any atom is -0.462 e. The third-order valence-corrected chi connectivity index (χ3v) is 4.56. The fourth-order valence-corrected chi connectivity index (χ4v) is 2.67. The van der Waals surface area contributed by atoms with Crippen LogP contribution in [0.1, 0.15) is 49.9 Å². The number of hydrogen-bond acceptors (Lipinski definition) is 13. The van der Waals surface area contributed by atoms with E-state index in [1.54, 1.807) is 0 Å². The molecular weight excluding hydrogens is 532 g/mol. The van der Waals surface area contributed by atoms with Gasteiger partial charge in [-0.05, 0) is 32.0 Å². The molecule has 2 unspecified atom stereocenters. The van der Waals surface area contributed by atoms with Gasteiger partial charge in [-0.15, -0.1) is 0 Å². The van der Waals surface area contributed by atoms with E-state index in [1.807, 2.05) is 0 Å². The molecule has 0 spiro atoms. The van der Waals surface area contributed by atoms with Crippen molar-refractivity contribution in [2.75, 3.05) is 13.2 Å². The number of esters is 6. The first-order valence-corrected chi connectivity index (χ1v) is 11.9. The van der Waals surface area contributed by atoms with E-state index in [0.29, 0.717) is 6.29 Å². The van der Waals surface area contributed by atoms with Crippen LogP contribution in [0.15, 0.2) is 43.5 Å². The molecule has 2 atom stereocenters. The molecule has 0 amide bonds. The summed E-state index contributed by atoms with van der Waals surface area (Å²) in [6, 6.07) is 3.64. The molecule has 0 heterocycles. The van der Waals surface area contributed by atoms with Crippen LogP contribution in [0.2, 0.25) is 0 Å². The molecule has 0 aliphatic heterocycles. The highest BCUT2D eigenvalue weighted by atomic mass is 16.6. The monoisotopic (exact) mass is 562 g/mol. The van der Waals surface area contributed by atoms with E-state index in [9.17, 15) is 33.6 Å². The Bertz CT molecular complexity index is 1120. The standard InChI is InChI=1S/C27H30O13/c1-5-22(29)37-17(3)15-35-24(31)9-11-26(33)39-20-7-8-21(19(13-20)14-28)40-27(34)12-10-25(32)36-16-18(4)38-23(30)6-2/h5-8,13-14,17-18H,1-2,9-12,15-16H2,3-4H3. The molecule has 0 aliphatic rings. The van der Waals surface area contributed by atoms with Gasteiger partial charge in [0.25, 0.3) is 0 Å². The van der Waals surface area contributed by atoms with Crippen molar-refractivity contribution in [3.8, 4) is 11.5 Å². The first-order chi connectivity index (χ1) is 19.0. The number of rotatable bonds is 17. The minimum atomic E-state index is -0.831. The highest BCUT2D eigenvalue weighted by Crippen LogP contribution is 2.24. The molecule has 13 heteroatoms. The first kappa shape index (κ1) is 33.2. The average molecular weight is 563 g/mol. The van der Waals surface area contributed by atoms with Gasteiger partial charge in [-0.1, -0.05) is 13.2 Å². The minimum absolute atomic E-state index is 0.0416. The second-order valence-corrected chi connectivity index (χ2v) is 8.03. The van der Waals surface area contributed by atoms with E-state index in [2.05, 4.69) is 13.2 Å². The van der Waals surface area contributed by atoms with Crippen molar-refractivity contribution >= 4 is 42.1 Å². The van der Waals surface area contributed by atoms with Gasteiger partial charge in [0, 0.05) is 12.2 Å². The lowest BCUT2D eigenvalue weighted by atomic mass is 10.2. The third-order valence-electron chi connectivity index (χ3n) is 4.56. The lowest BCUT2D eigenvalue weighted by Gasteiger charge is -2.12. The fourth-order valence-electron chi connectivity index (χ4n) is 2.67. The number of benzene rings is 1. The highest BCUT2D eigenvalue weighted by Gasteiger charge is 2.17. The molecule has 216 valence electrons. The Morgan fingerprint density at radius 2 is 1.18 bits per heavy atom. The van der Waals surface area contributed by atoms with Crippen molar-refractivity contribution < 1.29 is 62.0 Å². The fraction of sp³-hybridized carbons (Fsp3) is 0.370. The number of carbonyl (C=O) groups is 7. The Morgan fingerprint density at radius 1 is 0.725 bits per heavy atom. The molecular formula is C27H30O13. The quantitative estimate of drug-likeness (QED) is 0.0889. The van der Waals surface area contributed by atoms with E-state index in [0.717, 1.165) is 18.2 Å². The summed E-state index contributed by atoms with van der Waals surface area (Å²) in [5.74, 6) is -4.59. The van der Waals surface area contributed by atoms with E-state index in [1.165, 1.54) is 26.0 Å². The molecule has 0 saturated heterocycles. The van der Waals surface area contributed by atoms with Gasteiger partial charge in [0.15, 0.2) is 6.29 Å². The Hall–Kier alpha value is -4.81. The molecule has 1 aromatic carbocycles. The first-order valence-electron chi connectivity index (χ1n) is 11.9. The summed E-state index contributed by atoms with van der Waals surface area (Å²) in [5, 5.41) is 0. The zero-order valence-electron chi connectivity index (χ0n) is 22.1. The van der Waals surface area contributed by atoms with Crippen molar-refractivity contribution in [2.24, 2.45) is 0 Å². The number of aldehydes is 1. The molecule has 0 saturated carbocycles. The second kappa shape index (κ2) is 17.7. The summed E-state index contributed by atoms with van der Waals surface area (Å²) in [5.41, 5.74) is -0.110. The van der Waals surface area contributed by atoms with E-state index < -0.39 is 48.0 Å². The second-order valence-electron chi connectivity index (χ2n) is 8.03. The topological polar surface area (TPSA) is 175 Å². The van der Waals surface area contributed by atoms with Gasteiger partial charge < -0.3 is 28.4 Å². The maximum absolute atomic E-state index is 12.1. The summed E-state index contributed by atoms with van der Waals surface area (Å²) in [7, 11) is 0. The van der Waals surface area contributed by atoms with Gasteiger partial charge in [0.05, 0.1) is 31.2 Å². The number of ether oxygens (including phenoxy) is 6. The Morgan fingerprint density at radius 3 is 1.62 bits per heavy atom. The van der Waals surface area contributed by atoms with Crippen molar-refractivity contribution in [1.29, 1.82) is 0 Å². The van der Waals surface area contributed by atoms with Gasteiger partial charge in [-0.25, -0.2) is 9.59 Å². The Balaban J connectivity index is 2.48. The lowest BCUT2D eigenvalue weighted by molar-refractivity contribution is -0.155. The summed E-state index contributed by atoms with van der Waals surface area (Å²) in [6.07, 6.45) is -0.424. The van der Waals surface area contributed by atoms with Crippen LogP contribution in [0.25, 0.3) is 0 Å². The SMILES string of the molecule is C=CC(=O)OC(C)COC(=O)CCC(=O)Oc1ccc(OC(=O)CCC(=O)OCC(C)OC(=O)C=C)c(C=O)c1. The summed E-state index contributed by atoms with van der Waals surface area (Å²) in [6.45, 7) is 9.10. The molecule has 0 N–H and O–H groups in total. The van der Waals surface area contributed by atoms with Crippen molar-refractivity contribution in [1.82, 2.24) is 0 Å². The van der Waals surface area contributed by atoms with Gasteiger partial charge in [0.2, 0.25) is 0 Å². The van der Waals surface area contributed by atoms with Crippen LogP contribution < -0.4 is 9.47 Å². The van der Waals surface area contributed by atoms with Crippen LogP contribution in [-0.4, -0.2) is 67.5 Å². The molecule has 0 aromatic heterocycles. The van der Waals surface area contributed by atoms with Crippen LogP contribution in [0.3, 0.4) is 0 Å². The number of hydrogen-bond donors (Lipinski definition) is 0. The van der Waals surface area contributed by atoms with Gasteiger partial charge in [-0.3, -0.25) is 24.0 Å². The van der Waals surface area contributed by atoms with Crippen LogP contribution >= 0.6 is 0 Å².